The maximum absolute atomic E-state index is 13.8. The standard InChI is InChI=1S/C28H25N3O3/c1-33-16-15-31(19-21-9-7-20(18-29)8-10-21)28(32)25-17-27(22-11-13-23(34-2)14-12-22)30-26-6-4-3-5-24(25)26/h3-14,17H,15-16,19H2,1-2H3. The lowest BCUT2D eigenvalue weighted by Crippen LogP contribution is -2.33. The molecule has 0 saturated carbocycles. The van der Waals surface area contributed by atoms with Crippen LogP contribution in [0.25, 0.3) is 22.2 Å². The molecule has 0 radical (unpaired) electrons. The minimum absolute atomic E-state index is 0.102. The summed E-state index contributed by atoms with van der Waals surface area (Å²) < 4.78 is 10.5. The van der Waals surface area contributed by atoms with Crippen molar-refractivity contribution in [3.05, 3.63) is 95.6 Å². The first kappa shape index (κ1) is 23.0. The van der Waals surface area contributed by atoms with Gasteiger partial charge in [0, 0.05) is 31.1 Å². The second kappa shape index (κ2) is 10.6. The van der Waals surface area contributed by atoms with E-state index in [0.29, 0.717) is 30.8 Å². The highest BCUT2D eigenvalue weighted by Gasteiger charge is 2.20. The molecule has 0 bridgehead atoms. The average Bonchev–Trinajstić information content (AvgIpc) is 2.90. The van der Waals surface area contributed by atoms with Gasteiger partial charge in [0.1, 0.15) is 5.75 Å². The topological polar surface area (TPSA) is 75.5 Å². The van der Waals surface area contributed by atoms with Gasteiger partial charge >= 0.3 is 0 Å². The lowest BCUT2D eigenvalue weighted by Gasteiger charge is -2.24. The van der Waals surface area contributed by atoms with Gasteiger partial charge in [0.15, 0.2) is 0 Å². The van der Waals surface area contributed by atoms with Gasteiger partial charge in [-0.1, -0.05) is 30.3 Å². The number of carbonyl (C=O) groups excluding carboxylic acids is 1. The first-order chi connectivity index (χ1) is 16.6. The number of nitrogens with zero attached hydrogens (tertiary/aromatic N) is 3. The van der Waals surface area contributed by atoms with Gasteiger partial charge in [-0.3, -0.25) is 4.79 Å². The number of hydrogen-bond donors (Lipinski definition) is 0. The van der Waals surface area contributed by atoms with Crippen LogP contribution in [0.4, 0.5) is 0 Å². The minimum Gasteiger partial charge on any atom is -0.497 e. The number of nitriles is 1. The molecule has 170 valence electrons. The number of carbonyl (C=O) groups is 1. The predicted molar refractivity (Wildman–Crippen MR) is 132 cm³/mol. The fourth-order valence-electron chi connectivity index (χ4n) is 3.79. The normalized spacial score (nSPS) is 10.6. The second-order valence-electron chi connectivity index (χ2n) is 7.83. The molecule has 6 nitrogen and oxygen atoms in total. The maximum Gasteiger partial charge on any atom is 0.255 e. The first-order valence-corrected chi connectivity index (χ1v) is 10.9. The van der Waals surface area contributed by atoms with Gasteiger partial charge in [-0.15, -0.1) is 0 Å². The van der Waals surface area contributed by atoms with Crippen molar-refractivity contribution in [2.24, 2.45) is 0 Å². The molecule has 0 aliphatic heterocycles. The molecule has 0 saturated heterocycles. The van der Waals surface area contributed by atoms with E-state index in [-0.39, 0.29) is 5.91 Å². The van der Waals surface area contributed by atoms with Crippen LogP contribution in [0, 0.1) is 11.3 Å². The van der Waals surface area contributed by atoms with Gasteiger partial charge in [-0.25, -0.2) is 4.98 Å². The summed E-state index contributed by atoms with van der Waals surface area (Å²) in [4.78, 5) is 20.4. The molecule has 4 aromatic rings. The Labute approximate surface area is 199 Å². The zero-order valence-corrected chi connectivity index (χ0v) is 19.2. The Bertz CT molecular complexity index is 1330. The molecule has 1 heterocycles. The van der Waals surface area contributed by atoms with Crippen molar-refractivity contribution in [3.8, 4) is 23.1 Å². The van der Waals surface area contributed by atoms with Crippen LogP contribution >= 0.6 is 0 Å². The Balaban J connectivity index is 1.74. The van der Waals surface area contributed by atoms with Crippen molar-refractivity contribution >= 4 is 16.8 Å². The Morgan fingerprint density at radius 1 is 1.00 bits per heavy atom. The molecule has 0 unspecified atom stereocenters. The molecular formula is C28H25N3O3. The van der Waals surface area contributed by atoms with E-state index in [1.807, 2.05) is 66.7 Å². The van der Waals surface area contributed by atoms with Crippen LogP contribution in [0.3, 0.4) is 0 Å². The number of amides is 1. The number of methoxy groups -OCH3 is 2. The summed E-state index contributed by atoms with van der Waals surface area (Å²) in [6, 6.07) is 26.5. The average molecular weight is 452 g/mol. The number of hydrogen-bond acceptors (Lipinski definition) is 5. The van der Waals surface area contributed by atoms with Crippen LogP contribution in [0.2, 0.25) is 0 Å². The number of para-hydroxylation sites is 1. The summed E-state index contributed by atoms with van der Waals surface area (Å²) in [5.41, 5.74) is 4.48. The van der Waals surface area contributed by atoms with Gasteiger partial charge < -0.3 is 14.4 Å². The van der Waals surface area contributed by atoms with E-state index in [4.69, 9.17) is 19.7 Å². The molecule has 0 aliphatic rings. The fraction of sp³-hybridized carbons (Fsp3) is 0.179. The summed E-state index contributed by atoms with van der Waals surface area (Å²) in [7, 11) is 3.25. The number of fused-ring (bicyclic) bond motifs is 1. The van der Waals surface area contributed by atoms with E-state index in [2.05, 4.69) is 6.07 Å². The molecule has 0 spiro atoms. The Kier molecular flexibility index (Phi) is 7.16. The molecule has 1 aromatic heterocycles. The van der Waals surface area contributed by atoms with Gasteiger partial charge in [0.25, 0.3) is 5.91 Å². The summed E-state index contributed by atoms with van der Waals surface area (Å²) in [5.74, 6) is 0.656. The van der Waals surface area contributed by atoms with E-state index in [0.717, 1.165) is 33.5 Å². The maximum atomic E-state index is 13.8. The highest BCUT2D eigenvalue weighted by atomic mass is 16.5. The van der Waals surface area contributed by atoms with Crippen molar-refractivity contribution in [1.29, 1.82) is 5.26 Å². The summed E-state index contributed by atoms with van der Waals surface area (Å²) >= 11 is 0. The van der Waals surface area contributed by atoms with Gasteiger partial charge in [-0.2, -0.15) is 5.26 Å². The van der Waals surface area contributed by atoms with E-state index in [1.54, 1.807) is 31.3 Å². The van der Waals surface area contributed by atoms with Crippen molar-refractivity contribution < 1.29 is 14.3 Å². The number of benzene rings is 3. The van der Waals surface area contributed by atoms with Crippen LogP contribution in [0.5, 0.6) is 5.75 Å². The number of rotatable bonds is 8. The van der Waals surface area contributed by atoms with E-state index >= 15 is 0 Å². The first-order valence-electron chi connectivity index (χ1n) is 10.9. The fourth-order valence-corrected chi connectivity index (χ4v) is 3.79. The highest BCUT2D eigenvalue weighted by Crippen LogP contribution is 2.27. The SMILES string of the molecule is COCCN(Cc1ccc(C#N)cc1)C(=O)c1cc(-c2ccc(OC)cc2)nc2ccccc12. The molecule has 1 amide bonds. The molecule has 4 rings (SSSR count). The van der Waals surface area contributed by atoms with Crippen molar-refractivity contribution in [2.75, 3.05) is 27.4 Å². The molecule has 3 aromatic carbocycles. The van der Waals surface area contributed by atoms with Crippen LogP contribution in [0.15, 0.2) is 78.9 Å². The number of ether oxygens (including phenoxy) is 2. The van der Waals surface area contributed by atoms with Gasteiger partial charge in [0.05, 0.1) is 42.1 Å². The Morgan fingerprint density at radius 2 is 1.74 bits per heavy atom. The zero-order chi connectivity index (χ0) is 23.9. The molecule has 0 fully saturated rings. The quantitative estimate of drug-likeness (QED) is 0.374. The third kappa shape index (κ3) is 5.06. The molecule has 0 aliphatic carbocycles. The molecule has 6 heteroatoms. The molecule has 0 atom stereocenters. The largest absolute Gasteiger partial charge is 0.497 e. The second-order valence-corrected chi connectivity index (χ2v) is 7.83. The van der Waals surface area contributed by atoms with Gasteiger partial charge in [0.2, 0.25) is 0 Å². The monoisotopic (exact) mass is 451 g/mol. The molecular weight excluding hydrogens is 426 g/mol. The number of pyridine rings is 1. The van der Waals surface area contributed by atoms with Crippen LogP contribution in [-0.2, 0) is 11.3 Å². The van der Waals surface area contributed by atoms with Crippen LogP contribution in [0.1, 0.15) is 21.5 Å². The summed E-state index contributed by atoms with van der Waals surface area (Å²) in [6.07, 6.45) is 0. The molecule has 0 N–H and O–H groups in total. The third-order valence-corrected chi connectivity index (χ3v) is 5.64. The summed E-state index contributed by atoms with van der Waals surface area (Å²) in [6.45, 7) is 1.25. The lowest BCUT2D eigenvalue weighted by atomic mass is 10.0. The Hall–Kier alpha value is -4.21. The van der Waals surface area contributed by atoms with Gasteiger partial charge in [-0.05, 0) is 54.1 Å². The van der Waals surface area contributed by atoms with Crippen LogP contribution < -0.4 is 4.74 Å². The van der Waals surface area contributed by atoms with Crippen molar-refractivity contribution in [3.63, 3.8) is 0 Å². The van der Waals surface area contributed by atoms with E-state index < -0.39 is 0 Å². The van der Waals surface area contributed by atoms with E-state index in [9.17, 15) is 4.79 Å². The zero-order valence-electron chi connectivity index (χ0n) is 19.2. The third-order valence-electron chi connectivity index (χ3n) is 5.64. The minimum atomic E-state index is -0.102. The summed E-state index contributed by atoms with van der Waals surface area (Å²) in [5, 5.41) is 9.87. The highest BCUT2D eigenvalue weighted by molar-refractivity contribution is 6.07. The smallest absolute Gasteiger partial charge is 0.255 e. The molecule has 34 heavy (non-hydrogen) atoms. The predicted octanol–water partition coefficient (Wildman–Crippen LogP) is 5.07. The van der Waals surface area contributed by atoms with E-state index in [1.165, 1.54) is 0 Å². The van der Waals surface area contributed by atoms with Crippen molar-refractivity contribution in [1.82, 2.24) is 9.88 Å². The van der Waals surface area contributed by atoms with Crippen molar-refractivity contribution in [2.45, 2.75) is 6.54 Å². The number of aromatic nitrogens is 1. The Morgan fingerprint density at radius 3 is 2.41 bits per heavy atom. The van der Waals surface area contributed by atoms with Crippen LogP contribution in [-0.4, -0.2) is 43.2 Å². The lowest BCUT2D eigenvalue weighted by molar-refractivity contribution is 0.0682.